The summed E-state index contributed by atoms with van der Waals surface area (Å²) in [5.41, 5.74) is 7.84. The summed E-state index contributed by atoms with van der Waals surface area (Å²) in [5, 5.41) is 4.09. The van der Waals surface area contributed by atoms with Crippen molar-refractivity contribution >= 4 is 27.6 Å². The van der Waals surface area contributed by atoms with Gasteiger partial charge in [0.15, 0.2) is 5.69 Å². The smallest absolute Gasteiger partial charge is 0.359 e. The second-order valence-electron chi connectivity index (χ2n) is 4.50. The van der Waals surface area contributed by atoms with Crippen molar-refractivity contribution < 1.29 is 14.3 Å². The fourth-order valence-corrected chi connectivity index (χ4v) is 2.28. The molecule has 0 saturated heterocycles. The highest BCUT2D eigenvalue weighted by atomic mass is 79.9. The molecule has 0 amide bonds. The first-order valence-electron chi connectivity index (χ1n) is 6.22. The van der Waals surface area contributed by atoms with E-state index < -0.39 is 5.97 Å². The van der Waals surface area contributed by atoms with Gasteiger partial charge in [0.25, 0.3) is 0 Å². The maximum atomic E-state index is 12.1. The first-order chi connectivity index (χ1) is 9.93. The van der Waals surface area contributed by atoms with E-state index >= 15 is 0 Å². The van der Waals surface area contributed by atoms with Gasteiger partial charge >= 0.3 is 5.97 Å². The number of nitrogens with two attached hydrogens (primary N) is 1. The van der Waals surface area contributed by atoms with E-state index in [-0.39, 0.29) is 12.3 Å². The van der Waals surface area contributed by atoms with Crippen LogP contribution in [0.25, 0.3) is 0 Å². The molecule has 2 N–H and O–H groups in total. The van der Waals surface area contributed by atoms with Gasteiger partial charge in [-0.3, -0.25) is 4.68 Å². The quantitative estimate of drug-likeness (QED) is 0.854. The minimum absolute atomic E-state index is 0.111. The lowest BCUT2D eigenvalue weighted by Gasteiger charge is -2.09. The Morgan fingerprint density at radius 2 is 2.19 bits per heavy atom. The molecule has 0 aliphatic carbocycles. The highest BCUT2D eigenvalue weighted by Gasteiger charge is 2.19. The Labute approximate surface area is 131 Å². The molecule has 0 aliphatic heterocycles. The van der Waals surface area contributed by atoms with Gasteiger partial charge in [0.2, 0.25) is 0 Å². The minimum Gasteiger partial charge on any atom is -0.497 e. The molecule has 21 heavy (non-hydrogen) atoms. The average Bonchev–Trinajstić information content (AvgIpc) is 2.71. The summed E-state index contributed by atoms with van der Waals surface area (Å²) in [6.45, 7) is 1.85. The number of hydrogen-bond donors (Lipinski definition) is 1. The van der Waals surface area contributed by atoms with Crippen LogP contribution in [0.4, 0.5) is 5.69 Å². The standard InChI is InChI=1S/C14H16BrN3O3/c1-8-12(16)13(18(2)17-8)14(19)21-7-9-6-10(20-3)4-5-11(9)15/h4-6H,7,16H2,1-3H3. The summed E-state index contributed by atoms with van der Waals surface area (Å²) in [7, 11) is 3.24. The fraction of sp³-hybridized carbons (Fsp3) is 0.286. The number of methoxy groups -OCH3 is 1. The zero-order chi connectivity index (χ0) is 15.6. The molecule has 2 rings (SSSR count). The lowest BCUT2D eigenvalue weighted by molar-refractivity contribution is 0.0460. The SMILES string of the molecule is COc1ccc(Br)c(COC(=O)c2c(N)c(C)nn2C)c1. The van der Waals surface area contributed by atoms with Crippen LogP contribution >= 0.6 is 15.9 Å². The summed E-state index contributed by atoms with van der Waals surface area (Å²) in [4.78, 5) is 12.1. The van der Waals surface area contributed by atoms with Gasteiger partial charge in [0.05, 0.1) is 18.5 Å². The number of carbonyl (C=O) groups excluding carboxylic acids is 1. The molecular weight excluding hydrogens is 338 g/mol. The monoisotopic (exact) mass is 353 g/mol. The number of rotatable bonds is 4. The molecule has 0 atom stereocenters. The molecule has 6 nitrogen and oxygen atoms in total. The summed E-state index contributed by atoms with van der Waals surface area (Å²) in [5.74, 6) is 0.186. The maximum absolute atomic E-state index is 12.1. The van der Waals surface area contributed by atoms with Crippen LogP contribution < -0.4 is 10.5 Å². The van der Waals surface area contributed by atoms with Crippen molar-refractivity contribution in [2.75, 3.05) is 12.8 Å². The van der Waals surface area contributed by atoms with E-state index in [9.17, 15) is 4.79 Å². The van der Waals surface area contributed by atoms with Crippen molar-refractivity contribution in [3.8, 4) is 5.75 Å². The van der Waals surface area contributed by atoms with Gasteiger partial charge < -0.3 is 15.2 Å². The highest BCUT2D eigenvalue weighted by molar-refractivity contribution is 9.10. The van der Waals surface area contributed by atoms with Crippen LogP contribution in [0.3, 0.4) is 0 Å². The van der Waals surface area contributed by atoms with Crippen molar-refractivity contribution in [3.05, 3.63) is 39.6 Å². The number of aryl methyl sites for hydroxylation is 2. The Kier molecular flexibility index (Phi) is 4.52. The molecule has 7 heteroatoms. The number of nitrogen functional groups attached to an aromatic ring is 1. The molecule has 112 valence electrons. The number of ether oxygens (including phenoxy) is 2. The molecule has 0 fully saturated rings. The van der Waals surface area contributed by atoms with Crippen LogP contribution in [0.15, 0.2) is 22.7 Å². The third-order valence-electron chi connectivity index (χ3n) is 3.07. The van der Waals surface area contributed by atoms with Crippen LogP contribution in [0, 0.1) is 6.92 Å². The number of esters is 1. The molecule has 0 aliphatic rings. The van der Waals surface area contributed by atoms with Crippen molar-refractivity contribution in [2.45, 2.75) is 13.5 Å². The average molecular weight is 354 g/mol. The molecule has 1 aromatic heterocycles. The Morgan fingerprint density at radius 3 is 2.76 bits per heavy atom. The van der Waals surface area contributed by atoms with E-state index in [0.29, 0.717) is 17.1 Å². The van der Waals surface area contributed by atoms with E-state index in [4.69, 9.17) is 15.2 Å². The summed E-state index contributed by atoms with van der Waals surface area (Å²) in [6, 6.07) is 5.46. The first-order valence-corrected chi connectivity index (χ1v) is 7.02. The number of benzene rings is 1. The van der Waals surface area contributed by atoms with E-state index in [0.717, 1.165) is 10.0 Å². The summed E-state index contributed by atoms with van der Waals surface area (Å²) < 4.78 is 12.7. The number of nitrogens with zero attached hydrogens (tertiary/aromatic N) is 2. The fourth-order valence-electron chi connectivity index (χ4n) is 1.92. The Morgan fingerprint density at radius 1 is 1.48 bits per heavy atom. The van der Waals surface area contributed by atoms with Gasteiger partial charge in [-0.1, -0.05) is 15.9 Å². The molecule has 1 aromatic carbocycles. The Balaban J connectivity index is 2.14. The van der Waals surface area contributed by atoms with Crippen molar-refractivity contribution in [3.63, 3.8) is 0 Å². The molecule has 1 heterocycles. The van der Waals surface area contributed by atoms with Crippen LogP contribution in [-0.4, -0.2) is 22.9 Å². The van der Waals surface area contributed by atoms with Crippen LogP contribution in [0.5, 0.6) is 5.75 Å². The van der Waals surface area contributed by atoms with Gasteiger partial charge in [0.1, 0.15) is 12.4 Å². The van der Waals surface area contributed by atoms with Gasteiger partial charge in [-0.05, 0) is 25.1 Å². The predicted octanol–water partition coefficient (Wildman–Crippen LogP) is 2.44. The zero-order valence-electron chi connectivity index (χ0n) is 12.0. The molecule has 0 spiro atoms. The number of anilines is 1. The zero-order valence-corrected chi connectivity index (χ0v) is 13.6. The lowest BCUT2D eigenvalue weighted by Crippen LogP contribution is -2.12. The first kappa shape index (κ1) is 15.4. The Bertz CT molecular complexity index is 682. The van der Waals surface area contributed by atoms with Gasteiger partial charge in [-0.25, -0.2) is 4.79 Å². The highest BCUT2D eigenvalue weighted by Crippen LogP contribution is 2.24. The van der Waals surface area contributed by atoms with Crippen molar-refractivity contribution in [1.29, 1.82) is 0 Å². The van der Waals surface area contributed by atoms with Crippen LogP contribution in [0.2, 0.25) is 0 Å². The van der Waals surface area contributed by atoms with Gasteiger partial charge in [0, 0.05) is 17.1 Å². The van der Waals surface area contributed by atoms with E-state index in [1.165, 1.54) is 4.68 Å². The number of hydrogen-bond acceptors (Lipinski definition) is 5. The number of halogens is 1. The third kappa shape index (κ3) is 3.18. The van der Waals surface area contributed by atoms with Crippen molar-refractivity contribution in [2.24, 2.45) is 7.05 Å². The number of aromatic nitrogens is 2. The van der Waals surface area contributed by atoms with Gasteiger partial charge in [-0.15, -0.1) is 0 Å². The lowest BCUT2D eigenvalue weighted by atomic mass is 10.2. The van der Waals surface area contributed by atoms with E-state index in [1.54, 1.807) is 27.1 Å². The van der Waals surface area contributed by atoms with Crippen molar-refractivity contribution in [1.82, 2.24) is 9.78 Å². The second kappa shape index (κ2) is 6.17. The molecule has 2 aromatic rings. The normalized spacial score (nSPS) is 10.5. The maximum Gasteiger partial charge on any atom is 0.359 e. The summed E-state index contributed by atoms with van der Waals surface area (Å²) in [6.07, 6.45) is 0. The minimum atomic E-state index is -0.509. The molecule has 0 radical (unpaired) electrons. The van der Waals surface area contributed by atoms with Crippen LogP contribution in [0.1, 0.15) is 21.7 Å². The second-order valence-corrected chi connectivity index (χ2v) is 5.36. The van der Waals surface area contributed by atoms with E-state index in [1.807, 2.05) is 12.1 Å². The molecule has 0 unspecified atom stereocenters. The molecule has 0 bridgehead atoms. The summed E-state index contributed by atoms with van der Waals surface area (Å²) >= 11 is 3.41. The third-order valence-corrected chi connectivity index (χ3v) is 3.85. The number of carbonyl (C=O) groups is 1. The Hall–Kier alpha value is -2.02. The molecular formula is C14H16BrN3O3. The predicted molar refractivity (Wildman–Crippen MR) is 82.2 cm³/mol. The topological polar surface area (TPSA) is 79.4 Å². The largest absolute Gasteiger partial charge is 0.497 e. The molecule has 0 saturated carbocycles. The van der Waals surface area contributed by atoms with Gasteiger partial charge in [-0.2, -0.15) is 5.10 Å². The van der Waals surface area contributed by atoms with Crippen LogP contribution in [-0.2, 0) is 18.4 Å². The van der Waals surface area contributed by atoms with E-state index in [2.05, 4.69) is 21.0 Å².